The molecule has 0 saturated carbocycles. The second-order valence-corrected chi connectivity index (χ2v) is 28.1. The summed E-state index contributed by atoms with van der Waals surface area (Å²) < 4.78 is 82.4. The Bertz CT molecular complexity index is 2720. The smallest absolute Gasteiger partial charge is 0.410 e. The van der Waals surface area contributed by atoms with Crippen LogP contribution >= 0.6 is 0 Å². The monoisotopic (exact) mass is 1180 g/mol. The number of ketones is 2. The number of esters is 1. The van der Waals surface area contributed by atoms with Crippen LogP contribution in [0.15, 0.2) is 72.8 Å². The second-order valence-electron chi connectivity index (χ2n) is 28.1. The van der Waals surface area contributed by atoms with E-state index in [0.717, 1.165) is 4.90 Å². The lowest BCUT2D eigenvalue weighted by atomic mass is 9.82. The average Bonchev–Trinajstić information content (AvgIpc) is 1.89. The SMILES string of the molecule is CC(C)(C)OCC(F)(C(=O)c1cccc(CN(Cc2cccc(CC(F)(C(=O)OC(C)(C)C)[C@H]3CCN(C(=O)O)C3)c2)Cc2cccc(C(=O)C(F)(COC(C)(C)C)[C@H]3CCN(C(=O)OC(C)(C)C)C3)c2)c1)[C@H]1CCN(C(=O)OC(C)(C)C)C1. The molecule has 3 aliphatic rings. The molecule has 0 aromatic heterocycles. The molecule has 3 fully saturated rings. The predicted molar refractivity (Wildman–Crippen MR) is 313 cm³/mol. The minimum atomic E-state index is -2.60. The first-order valence-corrected chi connectivity index (χ1v) is 29.2. The van der Waals surface area contributed by atoms with Crippen molar-refractivity contribution in [3.63, 3.8) is 0 Å². The number of likely N-dealkylation sites (tertiary alicyclic amines) is 3. The van der Waals surface area contributed by atoms with Crippen molar-refractivity contribution in [2.45, 2.75) is 194 Å². The first-order chi connectivity index (χ1) is 38.6. The average molecular weight is 1180 g/mol. The molecule has 84 heavy (non-hydrogen) atoms. The molecule has 3 amide bonds. The van der Waals surface area contributed by atoms with Crippen LogP contribution in [0.25, 0.3) is 0 Å². The van der Waals surface area contributed by atoms with Crippen molar-refractivity contribution < 1.29 is 70.7 Å². The van der Waals surface area contributed by atoms with E-state index in [1.54, 1.807) is 171 Å². The Morgan fingerprint density at radius 2 is 0.821 bits per heavy atom. The molecule has 3 aliphatic heterocycles. The minimum Gasteiger partial charge on any atom is -0.465 e. The van der Waals surface area contributed by atoms with Crippen molar-refractivity contribution >= 4 is 35.8 Å². The Morgan fingerprint density at radius 1 is 0.476 bits per heavy atom. The first-order valence-electron chi connectivity index (χ1n) is 29.2. The maximum absolute atomic E-state index is 18.0. The number of halogens is 3. The molecule has 0 radical (unpaired) electrons. The molecule has 19 heteroatoms. The molecule has 0 spiro atoms. The zero-order chi connectivity index (χ0) is 62.6. The summed E-state index contributed by atoms with van der Waals surface area (Å²) in [5.41, 5.74) is -9.50. The molecule has 3 saturated heterocycles. The van der Waals surface area contributed by atoms with E-state index in [1.165, 1.54) is 9.80 Å². The normalized spacial score (nSPS) is 20.3. The van der Waals surface area contributed by atoms with Gasteiger partial charge < -0.3 is 43.5 Å². The van der Waals surface area contributed by atoms with Crippen LogP contribution in [0.5, 0.6) is 0 Å². The van der Waals surface area contributed by atoms with E-state index in [9.17, 15) is 33.9 Å². The molecule has 0 aliphatic carbocycles. The summed E-state index contributed by atoms with van der Waals surface area (Å²) in [5.74, 6) is -5.56. The van der Waals surface area contributed by atoms with Gasteiger partial charge in [-0.15, -0.1) is 0 Å². The number of carbonyl (C=O) groups excluding carboxylic acids is 5. The summed E-state index contributed by atoms with van der Waals surface area (Å²) >= 11 is 0. The number of Topliss-reactive ketones (excluding diaryl/α,β-unsaturated/α-hetero) is 2. The molecule has 0 bridgehead atoms. The van der Waals surface area contributed by atoms with Gasteiger partial charge in [0.2, 0.25) is 28.6 Å². The summed E-state index contributed by atoms with van der Waals surface area (Å²) in [5, 5.41) is 9.77. The third-order valence-corrected chi connectivity index (χ3v) is 15.1. The van der Waals surface area contributed by atoms with Gasteiger partial charge in [-0.25, -0.2) is 32.3 Å². The summed E-state index contributed by atoms with van der Waals surface area (Å²) in [4.78, 5) is 87.7. The van der Waals surface area contributed by atoms with Gasteiger partial charge in [-0.2, -0.15) is 0 Å². The number of hydrogen-bond donors (Lipinski definition) is 1. The Hall–Kier alpha value is -6.05. The van der Waals surface area contributed by atoms with Gasteiger partial charge >= 0.3 is 24.2 Å². The van der Waals surface area contributed by atoms with Crippen molar-refractivity contribution in [3.8, 4) is 0 Å². The highest BCUT2D eigenvalue weighted by Crippen LogP contribution is 2.40. The third kappa shape index (κ3) is 18.2. The number of alkyl halides is 3. The predicted octanol–water partition coefficient (Wildman–Crippen LogP) is 12.4. The highest BCUT2D eigenvalue weighted by atomic mass is 19.2. The number of carboxylic acid groups (broad SMARTS) is 1. The molecule has 3 aromatic carbocycles. The molecule has 16 nitrogen and oxygen atoms in total. The summed E-state index contributed by atoms with van der Waals surface area (Å²) in [6.45, 7) is 25.3. The first kappa shape index (κ1) is 67.1. The highest BCUT2D eigenvalue weighted by Gasteiger charge is 2.54. The molecule has 3 aromatic rings. The van der Waals surface area contributed by atoms with Crippen LogP contribution in [-0.2, 0) is 54.5 Å². The van der Waals surface area contributed by atoms with Gasteiger partial charge in [-0.05, 0) is 158 Å². The fourth-order valence-electron chi connectivity index (χ4n) is 10.9. The van der Waals surface area contributed by atoms with E-state index in [-0.39, 0.29) is 89.3 Å². The number of amides is 3. The van der Waals surface area contributed by atoms with Gasteiger partial charge in [-0.3, -0.25) is 14.5 Å². The van der Waals surface area contributed by atoms with Crippen LogP contribution in [0.3, 0.4) is 0 Å². The fraction of sp³-hybridized carbons (Fsp3) is 0.631. The third-order valence-electron chi connectivity index (χ3n) is 15.1. The number of ether oxygens (including phenoxy) is 5. The van der Waals surface area contributed by atoms with E-state index < -0.39 is 118 Å². The van der Waals surface area contributed by atoms with Crippen molar-refractivity contribution in [2.24, 2.45) is 17.8 Å². The molecule has 6 atom stereocenters. The van der Waals surface area contributed by atoms with E-state index in [4.69, 9.17) is 23.7 Å². The minimum absolute atomic E-state index is 0.0532. The van der Waals surface area contributed by atoms with Crippen molar-refractivity contribution in [2.75, 3.05) is 52.5 Å². The number of rotatable bonds is 20. The Kier molecular flexibility index (Phi) is 20.7. The topological polar surface area (TPSA) is 182 Å². The zero-order valence-electron chi connectivity index (χ0n) is 52.1. The van der Waals surface area contributed by atoms with Gasteiger partial charge in [-0.1, -0.05) is 60.7 Å². The molecular weight excluding hydrogens is 1090 g/mol. The van der Waals surface area contributed by atoms with Crippen LogP contribution in [-0.4, -0.2) is 158 Å². The Balaban J connectivity index is 1.36. The van der Waals surface area contributed by atoms with Gasteiger partial charge in [0.1, 0.15) is 16.8 Å². The molecule has 3 unspecified atom stereocenters. The van der Waals surface area contributed by atoms with Crippen LogP contribution in [0.2, 0.25) is 0 Å². The fourth-order valence-corrected chi connectivity index (χ4v) is 10.9. The summed E-state index contributed by atoms with van der Waals surface area (Å²) in [7, 11) is 0. The van der Waals surface area contributed by atoms with Crippen LogP contribution < -0.4 is 0 Å². The van der Waals surface area contributed by atoms with Gasteiger partial charge in [0, 0.05) is 94.2 Å². The van der Waals surface area contributed by atoms with Crippen LogP contribution in [0, 0.1) is 17.8 Å². The molecule has 464 valence electrons. The summed E-state index contributed by atoms with van der Waals surface area (Å²) in [6.07, 6.45) is -2.36. The van der Waals surface area contributed by atoms with E-state index >= 15 is 13.2 Å². The van der Waals surface area contributed by atoms with Crippen molar-refractivity contribution in [1.29, 1.82) is 0 Å². The quantitative estimate of drug-likeness (QED) is 0.0641. The standard InChI is InChI=1S/C65H91F3N4O12/c1-58(2,3)80-41-64(67,50-26-29-71(39-50)56(78)83-61(10,11)12)52(73)47-23-17-21-45(32-47)36-69(35-44-20-16-19-43(31-44)34-63(66,54(75)82-60(7,8)9)49-25-28-70(38-49)55(76)77)37-46-22-18-24-48(33-46)53(74)65(68,42-81-59(4,5)6)51-27-30-72(40-51)57(79)84-62(13,14)15/h16-24,31-33,49-51H,25-30,34-42H2,1-15H3,(H,76,77)/t49-,50-,51-,63?,64?,65?/m0/s1. The van der Waals surface area contributed by atoms with Crippen molar-refractivity contribution in [3.05, 3.63) is 106 Å². The number of hydrogen-bond acceptors (Lipinski definition) is 12. The maximum atomic E-state index is 18.0. The lowest BCUT2D eigenvalue weighted by molar-refractivity contribution is -0.173. The Morgan fingerprint density at radius 3 is 1.19 bits per heavy atom. The lowest BCUT2D eigenvalue weighted by Crippen LogP contribution is -2.49. The largest absolute Gasteiger partial charge is 0.465 e. The second kappa shape index (κ2) is 25.9. The maximum Gasteiger partial charge on any atom is 0.410 e. The van der Waals surface area contributed by atoms with Gasteiger partial charge in [0.05, 0.1) is 24.4 Å². The van der Waals surface area contributed by atoms with E-state index in [0.29, 0.717) is 22.3 Å². The van der Waals surface area contributed by atoms with Crippen molar-refractivity contribution in [1.82, 2.24) is 19.6 Å². The number of nitrogens with zero attached hydrogens (tertiary/aromatic N) is 4. The van der Waals surface area contributed by atoms with Gasteiger partial charge in [0.15, 0.2) is 0 Å². The summed E-state index contributed by atoms with van der Waals surface area (Å²) in [6, 6.07) is 20.2. The van der Waals surface area contributed by atoms with E-state index in [2.05, 4.69) is 0 Å². The zero-order valence-corrected chi connectivity index (χ0v) is 52.1. The Labute approximate surface area is 495 Å². The molecule has 1 N–H and O–H groups in total. The molecular formula is C65H91F3N4O12. The van der Waals surface area contributed by atoms with Crippen LogP contribution in [0.4, 0.5) is 27.6 Å². The number of benzene rings is 3. The molecule has 3 heterocycles. The highest BCUT2D eigenvalue weighted by molar-refractivity contribution is 6.03. The van der Waals surface area contributed by atoms with Crippen LogP contribution in [0.1, 0.15) is 166 Å². The van der Waals surface area contributed by atoms with Gasteiger partial charge in [0.25, 0.3) is 0 Å². The molecule has 6 rings (SSSR count). The van der Waals surface area contributed by atoms with E-state index in [1.807, 2.05) is 11.0 Å². The number of carbonyl (C=O) groups is 6. The lowest BCUT2D eigenvalue weighted by Gasteiger charge is -2.33.